The molecule has 1 N–H and O–H groups in total. The SMILES string of the molecule is Cc1oc2cc3oc(=O)c(CC(=O)NCC4(N5CCN(C)CC5)CCCCC4)c(C)c3cc2c1C. The summed E-state index contributed by atoms with van der Waals surface area (Å²) < 4.78 is 11.4. The Hall–Kier alpha value is -2.64. The molecule has 3 heterocycles. The van der Waals surface area contributed by atoms with Gasteiger partial charge in [-0.1, -0.05) is 19.3 Å². The number of piperazine rings is 1. The Morgan fingerprint density at radius 3 is 2.31 bits per heavy atom. The Morgan fingerprint density at radius 2 is 1.60 bits per heavy atom. The number of likely N-dealkylation sites (N-methyl/N-ethyl adjacent to an activating group) is 1. The van der Waals surface area contributed by atoms with Crippen LogP contribution in [0.2, 0.25) is 0 Å². The van der Waals surface area contributed by atoms with Gasteiger partial charge in [-0.15, -0.1) is 0 Å². The number of nitrogens with zero attached hydrogens (tertiary/aromatic N) is 2. The van der Waals surface area contributed by atoms with E-state index in [1.54, 1.807) is 6.07 Å². The first-order valence-electron chi connectivity index (χ1n) is 12.9. The lowest BCUT2D eigenvalue weighted by Gasteiger charge is -2.49. The second kappa shape index (κ2) is 9.43. The lowest BCUT2D eigenvalue weighted by molar-refractivity contribution is -0.121. The molecule has 1 aliphatic carbocycles. The minimum Gasteiger partial charge on any atom is -0.461 e. The third-order valence-corrected chi connectivity index (χ3v) is 8.49. The Morgan fingerprint density at radius 1 is 0.943 bits per heavy atom. The summed E-state index contributed by atoms with van der Waals surface area (Å²) in [5.74, 6) is 0.738. The number of benzene rings is 1. The standard InChI is InChI=1S/C28H37N3O4/c1-18-20(3)34-24-16-25-22(14-21(18)24)19(2)23(27(33)35-25)15-26(32)29-17-28(8-6-5-7-9-28)31-12-10-30(4)11-13-31/h14,16H,5-13,15,17H2,1-4H3,(H,29,32). The van der Waals surface area contributed by atoms with Crippen LogP contribution in [0.3, 0.4) is 0 Å². The number of nitrogens with one attached hydrogen (secondary N) is 1. The molecule has 7 nitrogen and oxygen atoms in total. The number of hydrogen-bond acceptors (Lipinski definition) is 6. The molecule has 1 aliphatic heterocycles. The normalized spacial score (nSPS) is 19.4. The number of fused-ring (bicyclic) bond motifs is 2. The molecule has 7 heteroatoms. The van der Waals surface area contributed by atoms with Gasteiger partial charge in [0.25, 0.3) is 0 Å². The van der Waals surface area contributed by atoms with Crippen LogP contribution in [-0.4, -0.2) is 61.0 Å². The third kappa shape index (κ3) is 4.52. The summed E-state index contributed by atoms with van der Waals surface area (Å²) in [5.41, 5.74) is 3.10. The molecule has 0 bridgehead atoms. The predicted octanol–water partition coefficient (Wildman–Crippen LogP) is 4.07. The molecule has 1 amide bonds. The lowest BCUT2D eigenvalue weighted by Crippen LogP contribution is -2.61. The topological polar surface area (TPSA) is 78.9 Å². The van der Waals surface area contributed by atoms with Gasteiger partial charge in [0, 0.05) is 55.1 Å². The van der Waals surface area contributed by atoms with Gasteiger partial charge in [0.1, 0.15) is 16.9 Å². The van der Waals surface area contributed by atoms with E-state index in [-0.39, 0.29) is 17.9 Å². The van der Waals surface area contributed by atoms with Gasteiger partial charge >= 0.3 is 5.63 Å². The van der Waals surface area contributed by atoms with Crippen LogP contribution in [0, 0.1) is 20.8 Å². The van der Waals surface area contributed by atoms with Crippen LogP contribution in [0.5, 0.6) is 0 Å². The highest BCUT2D eigenvalue weighted by atomic mass is 16.4. The maximum Gasteiger partial charge on any atom is 0.340 e. The number of rotatable bonds is 5. The average molecular weight is 480 g/mol. The summed E-state index contributed by atoms with van der Waals surface area (Å²) in [6.45, 7) is 10.7. The second-order valence-electron chi connectivity index (χ2n) is 10.6. The van der Waals surface area contributed by atoms with E-state index in [4.69, 9.17) is 8.83 Å². The van der Waals surface area contributed by atoms with Gasteiger partial charge in [-0.2, -0.15) is 0 Å². The maximum absolute atomic E-state index is 13.1. The zero-order valence-electron chi connectivity index (χ0n) is 21.5. The van der Waals surface area contributed by atoms with Crippen LogP contribution >= 0.6 is 0 Å². The molecule has 1 saturated carbocycles. The first-order valence-corrected chi connectivity index (χ1v) is 12.9. The number of amides is 1. The highest BCUT2D eigenvalue weighted by molar-refractivity contribution is 5.97. The highest BCUT2D eigenvalue weighted by Crippen LogP contribution is 2.34. The zero-order valence-corrected chi connectivity index (χ0v) is 21.5. The van der Waals surface area contributed by atoms with Crippen LogP contribution in [0.15, 0.2) is 25.8 Å². The van der Waals surface area contributed by atoms with Crippen molar-refractivity contribution in [3.8, 4) is 0 Å². The summed E-state index contributed by atoms with van der Waals surface area (Å²) in [6, 6.07) is 3.80. The van der Waals surface area contributed by atoms with Gasteiger partial charge in [0.2, 0.25) is 5.91 Å². The van der Waals surface area contributed by atoms with Crippen LogP contribution in [-0.2, 0) is 11.2 Å². The van der Waals surface area contributed by atoms with Gasteiger partial charge in [0.05, 0.1) is 12.0 Å². The number of carbonyl (C=O) groups is 1. The first-order chi connectivity index (χ1) is 16.8. The van der Waals surface area contributed by atoms with E-state index in [1.165, 1.54) is 19.3 Å². The van der Waals surface area contributed by atoms with Crippen molar-refractivity contribution in [1.29, 1.82) is 0 Å². The minimum atomic E-state index is -0.448. The molecule has 1 saturated heterocycles. The maximum atomic E-state index is 13.1. The molecular formula is C28H37N3O4. The molecule has 3 aromatic rings. The molecule has 35 heavy (non-hydrogen) atoms. The fraction of sp³-hybridized carbons (Fsp3) is 0.571. The van der Waals surface area contributed by atoms with E-state index in [1.807, 2.05) is 26.8 Å². The van der Waals surface area contributed by atoms with Gasteiger partial charge in [0.15, 0.2) is 0 Å². The van der Waals surface area contributed by atoms with Crippen LogP contribution in [0.1, 0.15) is 54.6 Å². The van der Waals surface area contributed by atoms with Gasteiger partial charge in [-0.05, 0) is 57.9 Å². The molecule has 2 fully saturated rings. The smallest absolute Gasteiger partial charge is 0.340 e. The van der Waals surface area contributed by atoms with Crippen molar-refractivity contribution in [1.82, 2.24) is 15.1 Å². The van der Waals surface area contributed by atoms with Crippen LogP contribution in [0.4, 0.5) is 0 Å². The summed E-state index contributed by atoms with van der Waals surface area (Å²) in [4.78, 5) is 30.9. The van der Waals surface area contributed by atoms with Crippen molar-refractivity contribution in [3.63, 3.8) is 0 Å². The average Bonchev–Trinajstić information content (AvgIpc) is 3.13. The van der Waals surface area contributed by atoms with E-state index in [0.717, 1.165) is 66.7 Å². The van der Waals surface area contributed by atoms with Crippen molar-refractivity contribution in [2.75, 3.05) is 39.8 Å². The summed E-state index contributed by atoms with van der Waals surface area (Å²) in [6.07, 6.45) is 5.95. The van der Waals surface area contributed by atoms with E-state index in [2.05, 4.69) is 22.2 Å². The van der Waals surface area contributed by atoms with Gasteiger partial charge in [-0.3, -0.25) is 9.69 Å². The van der Waals surface area contributed by atoms with E-state index in [9.17, 15) is 9.59 Å². The number of aryl methyl sites for hydroxylation is 3. The van der Waals surface area contributed by atoms with E-state index >= 15 is 0 Å². The molecule has 1 aromatic carbocycles. The Bertz CT molecular complexity index is 1310. The zero-order chi connectivity index (χ0) is 24.7. The molecule has 188 valence electrons. The van der Waals surface area contributed by atoms with Crippen molar-refractivity contribution in [3.05, 3.63) is 45.0 Å². The second-order valence-corrected chi connectivity index (χ2v) is 10.6. The monoisotopic (exact) mass is 479 g/mol. The fourth-order valence-electron chi connectivity index (χ4n) is 6.01. The molecule has 0 radical (unpaired) electrons. The van der Waals surface area contributed by atoms with Crippen molar-refractivity contribution in [2.24, 2.45) is 0 Å². The summed E-state index contributed by atoms with van der Waals surface area (Å²) in [7, 11) is 2.17. The molecule has 2 aliphatic rings. The lowest BCUT2D eigenvalue weighted by atomic mass is 9.79. The molecule has 0 unspecified atom stereocenters. The number of carbonyl (C=O) groups excluding carboxylic acids is 1. The number of furan rings is 1. The number of hydrogen-bond donors (Lipinski definition) is 1. The molecular weight excluding hydrogens is 442 g/mol. The fourth-order valence-corrected chi connectivity index (χ4v) is 6.01. The van der Waals surface area contributed by atoms with Gasteiger partial charge in [-0.25, -0.2) is 4.79 Å². The Labute approximate surface area is 206 Å². The van der Waals surface area contributed by atoms with E-state index in [0.29, 0.717) is 23.3 Å². The summed E-state index contributed by atoms with van der Waals surface area (Å²) in [5, 5.41) is 5.06. The van der Waals surface area contributed by atoms with Crippen LogP contribution < -0.4 is 10.9 Å². The predicted molar refractivity (Wildman–Crippen MR) is 138 cm³/mol. The molecule has 5 rings (SSSR count). The Kier molecular flexibility index (Phi) is 6.49. The molecule has 2 aromatic heterocycles. The largest absolute Gasteiger partial charge is 0.461 e. The van der Waals surface area contributed by atoms with Crippen LogP contribution in [0.25, 0.3) is 21.9 Å². The van der Waals surface area contributed by atoms with Crippen molar-refractivity contribution in [2.45, 2.75) is 64.8 Å². The Balaban J connectivity index is 1.36. The first kappa shape index (κ1) is 24.1. The third-order valence-electron chi connectivity index (χ3n) is 8.49. The molecule has 0 spiro atoms. The molecule has 0 atom stereocenters. The highest BCUT2D eigenvalue weighted by Gasteiger charge is 2.39. The van der Waals surface area contributed by atoms with E-state index < -0.39 is 5.63 Å². The van der Waals surface area contributed by atoms with Gasteiger partial charge < -0.3 is 19.1 Å². The quantitative estimate of drug-likeness (QED) is 0.556. The van der Waals surface area contributed by atoms with Crippen molar-refractivity contribution < 1.29 is 13.6 Å². The van der Waals surface area contributed by atoms with Crippen molar-refractivity contribution >= 4 is 27.8 Å². The summed E-state index contributed by atoms with van der Waals surface area (Å²) >= 11 is 0. The minimum absolute atomic E-state index is 0.0283.